The predicted octanol–water partition coefficient (Wildman–Crippen LogP) is 2.50. The average Bonchev–Trinajstić information content (AvgIpc) is 2.56. The zero-order valence-corrected chi connectivity index (χ0v) is 9.79. The maximum Gasteiger partial charge on any atom is 0.299 e. The second-order valence-electron chi connectivity index (χ2n) is 3.81. The summed E-state index contributed by atoms with van der Waals surface area (Å²) in [7, 11) is 0. The highest BCUT2D eigenvalue weighted by Gasteiger charge is 2.37. The molecule has 2 rings (SSSR count). The van der Waals surface area contributed by atoms with Crippen LogP contribution in [-0.2, 0) is 4.79 Å². The molecule has 17 heavy (non-hydrogen) atoms. The van der Waals surface area contributed by atoms with Gasteiger partial charge in [0.2, 0.25) is 0 Å². The minimum Gasteiger partial charge on any atom is -0.298 e. The van der Waals surface area contributed by atoms with Gasteiger partial charge in [-0.15, -0.1) is 0 Å². The van der Waals surface area contributed by atoms with E-state index in [0.717, 1.165) is 4.90 Å². The molecular weight excluding hydrogens is 245 g/mol. The number of Topliss-reactive ketones (excluding diaryl/α,β-unsaturated/α-hetero) is 1. The SMILES string of the molecule is C/C(=C/Cl)CN1C(=O)C(=O)c2cccc(F)c21. The fraction of sp³-hybridized carbons (Fsp3) is 0.167. The molecule has 1 aromatic rings. The quantitative estimate of drug-likeness (QED) is 0.760. The third-order valence-electron chi connectivity index (χ3n) is 2.53. The first-order valence-corrected chi connectivity index (χ1v) is 5.40. The number of benzene rings is 1. The number of hydrogen-bond donors (Lipinski definition) is 0. The van der Waals surface area contributed by atoms with Crippen LogP contribution in [0.3, 0.4) is 0 Å². The van der Waals surface area contributed by atoms with E-state index in [9.17, 15) is 14.0 Å². The van der Waals surface area contributed by atoms with Crippen molar-refractivity contribution >= 4 is 29.0 Å². The number of hydrogen-bond acceptors (Lipinski definition) is 2. The summed E-state index contributed by atoms with van der Waals surface area (Å²) in [5.41, 5.74) is 2.12. The summed E-state index contributed by atoms with van der Waals surface area (Å²) in [6.45, 7) is 1.81. The number of carbonyl (C=O) groups excluding carboxylic acids is 2. The van der Waals surface area contributed by atoms with Gasteiger partial charge in [-0.1, -0.05) is 17.7 Å². The van der Waals surface area contributed by atoms with E-state index in [1.165, 1.54) is 23.7 Å². The first-order chi connectivity index (χ1) is 8.06. The summed E-state index contributed by atoms with van der Waals surface area (Å²) in [4.78, 5) is 24.4. The van der Waals surface area contributed by atoms with Crippen molar-refractivity contribution in [2.45, 2.75) is 6.92 Å². The Morgan fingerprint density at radius 1 is 1.47 bits per heavy atom. The lowest BCUT2D eigenvalue weighted by Gasteiger charge is -2.16. The van der Waals surface area contributed by atoms with Crippen LogP contribution in [0, 0.1) is 5.82 Å². The Hall–Kier alpha value is -1.68. The van der Waals surface area contributed by atoms with Gasteiger partial charge in [-0.3, -0.25) is 14.5 Å². The van der Waals surface area contributed by atoms with Gasteiger partial charge in [0.25, 0.3) is 11.7 Å². The molecule has 1 aliphatic heterocycles. The molecule has 0 N–H and O–H groups in total. The molecule has 1 aliphatic rings. The third kappa shape index (κ3) is 1.85. The minimum absolute atomic E-state index is 0.0420. The van der Waals surface area contributed by atoms with Gasteiger partial charge in [-0.25, -0.2) is 4.39 Å². The Morgan fingerprint density at radius 3 is 2.82 bits per heavy atom. The molecule has 0 saturated carbocycles. The van der Waals surface area contributed by atoms with Crippen molar-refractivity contribution < 1.29 is 14.0 Å². The van der Waals surface area contributed by atoms with Crippen molar-refractivity contribution in [2.24, 2.45) is 0 Å². The number of amides is 1. The predicted molar refractivity (Wildman–Crippen MR) is 62.7 cm³/mol. The second-order valence-corrected chi connectivity index (χ2v) is 4.03. The first kappa shape index (κ1) is 11.8. The molecule has 0 atom stereocenters. The van der Waals surface area contributed by atoms with Crippen LogP contribution in [0.5, 0.6) is 0 Å². The molecule has 0 aromatic heterocycles. The van der Waals surface area contributed by atoms with Crippen LogP contribution in [0.1, 0.15) is 17.3 Å². The van der Waals surface area contributed by atoms with Crippen molar-refractivity contribution in [3.63, 3.8) is 0 Å². The molecule has 5 heteroatoms. The number of halogens is 2. The number of nitrogens with zero attached hydrogens (tertiary/aromatic N) is 1. The van der Waals surface area contributed by atoms with Gasteiger partial charge in [0, 0.05) is 12.1 Å². The van der Waals surface area contributed by atoms with Crippen molar-refractivity contribution in [2.75, 3.05) is 11.4 Å². The van der Waals surface area contributed by atoms with E-state index in [1.807, 2.05) is 0 Å². The number of carbonyl (C=O) groups is 2. The van der Waals surface area contributed by atoms with Crippen LogP contribution in [0.15, 0.2) is 29.3 Å². The first-order valence-electron chi connectivity index (χ1n) is 4.97. The number of para-hydroxylation sites is 1. The van der Waals surface area contributed by atoms with Crippen LogP contribution in [0.25, 0.3) is 0 Å². The lowest BCUT2D eigenvalue weighted by atomic mass is 10.1. The van der Waals surface area contributed by atoms with E-state index in [1.54, 1.807) is 6.92 Å². The number of anilines is 1. The molecule has 0 spiro atoms. The molecule has 0 unspecified atom stereocenters. The van der Waals surface area contributed by atoms with Crippen molar-refractivity contribution in [3.8, 4) is 0 Å². The third-order valence-corrected chi connectivity index (χ3v) is 2.91. The van der Waals surface area contributed by atoms with Crippen LogP contribution in [-0.4, -0.2) is 18.2 Å². The lowest BCUT2D eigenvalue weighted by molar-refractivity contribution is -0.114. The lowest BCUT2D eigenvalue weighted by Crippen LogP contribution is -2.31. The molecule has 0 saturated heterocycles. The van der Waals surface area contributed by atoms with Crippen molar-refractivity contribution in [1.29, 1.82) is 0 Å². The van der Waals surface area contributed by atoms with Crippen molar-refractivity contribution in [3.05, 3.63) is 40.7 Å². The number of fused-ring (bicyclic) bond motifs is 1. The molecule has 0 aliphatic carbocycles. The largest absolute Gasteiger partial charge is 0.299 e. The molecule has 1 amide bonds. The molecular formula is C12H9ClFNO2. The fourth-order valence-corrected chi connectivity index (χ4v) is 1.82. The summed E-state index contributed by atoms with van der Waals surface area (Å²) in [6.07, 6.45) is 0. The van der Waals surface area contributed by atoms with Crippen molar-refractivity contribution in [1.82, 2.24) is 0 Å². The van der Waals surface area contributed by atoms with E-state index in [2.05, 4.69) is 0 Å². The van der Waals surface area contributed by atoms with E-state index in [4.69, 9.17) is 11.6 Å². The Labute approximate surface area is 102 Å². The van der Waals surface area contributed by atoms with E-state index >= 15 is 0 Å². The van der Waals surface area contributed by atoms with Gasteiger partial charge in [0.1, 0.15) is 5.82 Å². The maximum atomic E-state index is 13.6. The Balaban J connectivity index is 2.50. The summed E-state index contributed by atoms with van der Waals surface area (Å²) >= 11 is 5.50. The zero-order valence-electron chi connectivity index (χ0n) is 9.04. The van der Waals surface area contributed by atoms with E-state index in [0.29, 0.717) is 5.57 Å². The monoisotopic (exact) mass is 253 g/mol. The summed E-state index contributed by atoms with van der Waals surface area (Å²) in [6, 6.07) is 4.07. The summed E-state index contributed by atoms with van der Waals surface area (Å²) in [5.74, 6) is -1.98. The highest BCUT2D eigenvalue weighted by Crippen LogP contribution is 2.31. The van der Waals surface area contributed by atoms with Crippen LogP contribution in [0.4, 0.5) is 10.1 Å². The Morgan fingerprint density at radius 2 is 2.18 bits per heavy atom. The van der Waals surface area contributed by atoms with Gasteiger partial charge in [-0.2, -0.15) is 0 Å². The standard InChI is InChI=1S/C12H9ClFNO2/c1-7(5-13)6-15-10-8(11(16)12(15)17)3-2-4-9(10)14/h2-5H,6H2,1H3/b7-5-. The highest BCUT2D eigenvalue weighted by molar-refractivity contribution is 6.52. The van der Waals surface area contributed by atoms with Gasteiger partial charge < -0.3 is 0 Å². The topological polar surface area (TPSA) is 37.4 Å². The van der Waals surface area contributed by atoms with Crippen LogP contribution < -0.4 is 4.90 Å². The summed E-state index contributed by atoms with van der Waals surface area (Å²) < 4.78 is 13.6. The van der Waals surface area contributed by atoms with Gasteiger partial charge in [-0.05, 0) is 24.6 Å². The molecule has 0 bridgehead atoms. The fourth-order valence-electron chi connectivity index (χ4n) is 1.75. The van der Waals surface area contributed by atoms with Gasteiger partial charge in [0.15, 0.2) is 0 Å². The molecule has 0 fully saturated rings. The second kappa shape index (κ2) is 4.30. The molecule has 0 radical (unpaired) electrons. The van der Waals surface area contributed by atoms with Gasteiger partial charge in [0.05, 0.1) is 11.3 Å². The minimum atomic E-state index is -0.719. The van der Waals surface area contributed by atoms with E-state index < -0.39 is 17.5 Å². The molecule has 3 nitrogen and oxygen atoms in total. The van der Waals surface area contributed by atoms with E-state index in [-0.39, 0.29) is 17.8 Å². The average molecular weight is 254 g/mol. The Bertz CT molecular complexity index is 539. The molecule has 1 aromatic carbocycles. The van der Waals surface area contributed by atoms with Crippen LogP contribution in [0.2, 0.25) is 0 Å². The molecule has 1 heterocycles. The summed E-state index contributed by atoms with van der Waals surface area (Å²) in [5, 5.41) is 0. The Kier molecular flexibility index (Phi) is 2.98. The highest BCUT2D eigenvalue weighted by atomic mass is 35.5. The normalized spacial score (nSPS) is 15.5. The zero-order chi connectivity index (χ0) is 12.6. The van der Waals surface area contributed by atoms with Crippen LogP contribution >= 0.6 is 11.6 Å². The van der Waals surface area contributed by atoms with Gasteiger partial charge >= 0.3 is 0 Å². The number of ketones is 1. The smallest absolute Gasteiger partial charge is 0.298 e. The maximum absolute atomic E-state index is 13.6. The number of rotatable bonds is 2. The molecule has 88 valence electrons.